The van der Waals surface area contributed by atoms with Gasteiger partial charge in [0.15, 0.2) is 6.61 Å². The summed E-state index contributed by atoms with van der Waals surface area (Å²) in [6, 6.07) is 6.24. The normalized spacial score (nSPS) is 24.5. The quantitative estimate of drug-likeness (QED) is 0.838. The third kappa shape index (κ3) is 4.00. The number of nitrogens with one attached hydrogen (secondary N) is 1. The maximum atomic E-state index is 11.9. The van der Waals surface area contributed by atoms with E-state index >= 15 is 0 Å². The number of amides is 1. The summed E-state index contributed by atoms with van der Waals surface area (Å²) < 4.78 is 4.96. The predicted molar refractivity (Wildman–Crippen MR) is 82.5 cm³/mol. The van der Waals surface area contributed by atoms with Crippen LogP contribution in [0.5, 0.6) is 5.75 Å². The van der Waals surface area contributed by atoms with E-state index in [1.165, 1.54) is 18.6 Å². The van der Waals surface area contributed by atoms with Gasteiger partial charge in [-0.25, -0.2) is 4.79 Å². The van der Waals surface area contributed by atoms with E-state index in [1.54, 1.807) is 12.1 Å². The molecule has 1 aromatic carbocycles. The molecule has 3 atom stereocenters. The van der Waals surface area contributed by atoms with Crippen molar-refractivity contribution >= 4 is 11.9 Å². The van der Waals surface area contributed by atoms with Crippen molar-refractivity contribution in [3.05, 3.63) is 29.8 Å². The molecule has 1 saturated carbocycles. The van der Waals surface area contributed by atoms with Gasteiger partial charge in [0.1, 0.15) is 11.3 Å². The Balaban J connectivity index is 1.83. The van der Waals surface area contributed by atoms with Crippen LogP contribution in [0, 0.1) is 11.8 Å². The molecule has 3 unspecified atom stereocenters. The van der Waals surface area contributed by atoms with Gasteiger partial charge in [-0.2, -0.15) is 0 Å². The molecule has 0 bridgehead atoms. The van der Waals surface area contributed by atoms with Crippen molar-refractivity contribution in [3.8, 4) is 5.75 Å². The molecule has 0 heterocycles. The highest BCUT2D eigenvalue weighted by Crippen LogP contribution is 2.29. The number of hydrogen-bond donors (Lipinski definition) is 2. The first kappa shape index (κ1) is 16.3. The Hall–Kier alpha value is -2.04. The van der Waals surface area contributed by atoms with Crippen LogP contribution in [0.25, 0.3) is 0 Å². The number of benzene rings is 1. The van der Waals surface area contributed by atoms with Crippen molar-refractivity contribution < 1.29 is 19.4 Å². The van der Waals surface area contributed by atoms with Crippen LogP contribution in [0.4, 0.5) is 0 Å². The number of carbonyl (C=O) groups excluding carboxylic acids is 2. The maximum Gasteiger partial charge on any atom is 0.342 e. The first-order chi connectivity index (χ1) is 10.5. The molecule has 5 nitrogen and oxygen atoms in total. The van der Waals surface area contributed by atoms with Crippen LogP contribution in [-0.4, -0.2) is 29.6 Å². The van der Waals surface area contributed by atoms with Crippen LogP contribution < -0.4 is 5.32 Å². The van der Waals surface area contributed by atoms with Crippen LogP contribution in [-0.2, 0) is 9.53 Å². The van der Waals surface area contributed by atoms with E-state index < -0.39 is 5.97 Å². The van der Waals surface area contributed by atoms with E-state index in [4.69, 9.17) is 4.74 Å². The summed E-state index contributed by atoms with van der Waals surface area (Å²) in [7, 11) is 0. The van der Waals surface area contributed by atoms with Crippen LogP contribution in [0.15, 0.2) is 24.3 Å². The second kappa shape index (κ2) is 7.29. The Bertz CT molecular complexity index is 543. The molecule has 1 amide bonds. The third-order valence-electron chi connectivity index (χ3n) is 4.51. The van der Waals surface area contributed by atoms with Gasteiger partial charge in [-0.3, -0.25) is 4.79 Å². The van der Waals surface area contributed by atoms with Crippen molar-refractivity contribution in [3.63, 3.8) is 0 Å². The Labute approximate surface area is 130 Å². The first-order valence-corrected chi connectivity index (χ1v) is 7.73. The fourth-order valence-corrected chi connectivity index (χ4v) is 2.89. The molecule has 22 heavy (non-hydrogen) atoms. The highest BCUT2D eigenvalue weighted by molar-refractivity contribution is 5.93. The van der Waals surface area contributed by atoms with Crippen molar-refractivity contribution in [2.75, 3.05) is 6.61 Å². The molecule has 1 aromatic rings. The number of esters is 1. The van der Waals surface area contributed by atoms with Gasteiger partial charge >= 0.3 is 5.97 Å². The lowest BCUT2D eigenvalue weighted by Crippen LogP contribution is -2.45. The van der Waals surface area contributed by atoms with Crippen LogP contribution in [0.1, 0.15) is 43.5 Å². The monoisotopic (exact) mass is 305 g/mol. The highest BCUT2D eigenvalue weighted by Gasteiger charge is 2.28. The van der Waals surface area contributed by atoms with Gasteiger partial charge in [0.05, 0.1) is 0 Å². The molecule has 1 aliphatic rings. The largest absolute Gasteiger partial charge is 0.507 e. The number of rotatable bonds is 4. The molecular formula is C17H23NO4. The van der Waals surface area contributed by atoms with Gasteiger partial charge < -0.3 is 15.2 Å². The molecule has 0 aromatic heterocycles. The van der Waals surface area contributed by atoms with E-state index in [0.717, 1.165) is 12.8 Å². The molecule has 0 aliphatic heterocycles. The molecule has 1 fully saturated rings. The highest BCUT2D eigenvalue weighted by atomic mass is 16.5. The fourth-order valence-electron chi connectivity index (χ4n) is 2.89. The molecule has 2 N–H and O–H groups in total. The summed E-state index contributed by atoms with van der Waals surface area (Å²) in [5.41, 5.74) is 0.0648. The van der Waals surface area contributed by atoms with Gasteiger partial charge in [-0.15, -0.1) is 0 Å². The molecule has 5 heteroatoms. The number of phenolic OH excluding ortho intramolecular Hbond substituents is 1. The van der Waals surface area contributed by atoms with E-state index in [1.807, 2.05) is 0 Å². The van der Waals surface area contributed by atoms with E-state index in [9.17, 15) is 14.7 Å². The summed E-state index contributed by atoms with van der Waals surface area (Å²) in [4.78, 5) is 23.7. The molecule has 1 aliphatic carbocycles. The fraction of sp³-hybridized carbons (Fsp3) is 0.529. The van der Waals surface area contributed by atoms with Gasteiger partial charge in [0.25, 0.3) is 5.91 Å². The van der Waals surface area contributed by atoms with E-state index in [2.05, 4.69) is 19.2 Å². The summed E-state index contributed by atoms with van der Waals surface area (Å²) >= 11 is 0. The van der Waals surface area contributed by atoms with Crippen LogP contribution >= 0.6 is 0 Å². The molecule has 0 spiro atoms. The van der Waals surface area contributed by atoms with Crippen molar-refractivity contribution in [2.45, 2.75) is 39.2 Å². The zero-order valence-corrected chi connectivity index (χ0v) is 13.0. The van der Waals surface area contributed by atoms with Crippen LogP contribution in [0.3, 0.4) is 0 Å². The molecule has 120 valence electrons. The average Bonchev–Trinajstić information content (AvgIpc) is 2.50. The number of carbonyl (C=O) groups is 2. The third-order valence-corrected chi connectivity index (χ3v) is 4.51. The second-order valence-corrected chi connectivity index (χ2v) is 6.03. The Morgan fingerprint density at radius 2 is 2.00 bits per heavy atom. The number of ether oxygens (including phenoxy) is 1. The van der Waals surface area contributed by atoms with Crippen molar-refractivity contribution in [1.29, 1.82) is 0 Å². The lowest BCUT2D eigenvalue weighted by Gasteiger charge is -2.34. The number of para-hydroxylation sites is 1. The Kier molecular flexibility index (Phi) is 5.41. The second-order valence-electron chi connectivity index (χ2n) is 6.03. The van der Waals surface area contributed by atoms with E-state index in [0.29, 0.717) is 11.8 Å². The standard InChI is InChI=1S/C17H23NO4/c1-11-6-5-8-14(12(11)2)18-16(20)10-22-17(21)13-7-3-4-9-15(13)19/h3-4,7,9,11-12,14,19H,5-6,8,10H2,1-2H3,(H,18,20). The van der Waals surface area contributed by atoms with Gasteiger partial charge in [-0.05, 0) is 30.4 Å². The maximum absolute atomic E-state index is 11.9. The minimum atomic E-state index is -0.696. The van der Waals surface area contributed by atoms with Crippen molar-refractivity contribution in [2.24, 2.45) is 11.8 Å². The van der Waals surface area contributed by atoms with Gasteiger partial charge in [0, 0.05) is 6.04 Å². The van der Waals surface area contributed by atoms with E-state index in [-0.39, 0.29) is 29.9 Å². The SMILES string of the molecule is CC1CCCC(NC(=O)COC(=O)c2ccccc2O)C1C. The average molecular weight is 305 g/mol. The summed E-state index contributed by atoms with van der Waals surface area (Å²) in [5, 5.41) is 12.5. The lowest BCUT2D eigenvalue weighted by atomic mass is 9.78. The number of hydrogen-bond acceptors (Lipinski definition) is 4. The zero-order chi connectivity index (χ0) is 16.1. The summed E-state index contributed by atoms with van der Waals surface area (Å²) in [6.45, 7) is 4.01. The number of aromatic hydroxyl groups is 1. The smallest absolute Gasteiger partial charge is 0.342 e. The Morgan fingerprint density at radius 3 is 2.73 bits per heavy atom. The molecule has 0 saturated heterocycles. The van der Waals surface area contributed by atoms with Crippen molar-refractivity contribution in [1.82, 2.24) is 5.32 Å². The van der Waals surface area contributed by atoms with Gasteiger partial charge in [0.2, 0.25) is 0 Å². The number of phenols is 1. The topological polar surface area (TPSA) is 75.6 Å². The minimum Gasteiger partial charge on any atom is -0.507 e. The first-order valence-electron chi connectivity index (χ1n) is 7.73. The minimum absolute atomic E-state index is 0.0648. The Morgan fingerprint density at radius 1 is 1.27 bits per heavy atom. The summed E-state index contributed by atoms with van der Waals surface area (Å²) in [6.07, 6.45) is 3.26. The van der Waals surface area contributed by atoms with Gasteiger partial charge in [-0.1, -0.05) is 38.8 Å². The zero-order valence-electron chi connectivity index (χ0n) is 13.0. The predicted octanol–water partition coefficient (Wildman–Crippen LogP) is 2.49. The van der Waals surface area contributed by atoms with Crippen LogP contribution in [0.2, 0.25) is 0 Å². The molecular weight excluding hydrogens is 282 g/mol. The molecule has 2 rings (SSSR count). The summed E-state index contributed by atoms with van der Waals surface area (Å²) in [5.74, 6) is -0.134. The lowest BCUT2D eigenvalue weighted by molar-refractivity contribution is -0.125. The molecule has 0 radical (unpaired) electrons.